The molecule has 0 atom stereocenters. The summed E-state index contributed by atoms with van der Waals surface area (Å²) >= 11 is 1.82. The van der Waals surface area contributed by atoms with Crippen LogP contribution in [0.25, 0.3) is 10.2 Å². The molecule has 1 amide bonds. The van der Waals surface area contributed by atoms with Crippen molar-refractivity contribution in [2.75, 3.05) is 26.2 Å². The van der Waals surface area contributed by atoms with E-state index < -0.39 is 0 Å². The minimum atomic E-state index is 0.143. The van der Waals surface area contributed by atoms with Crippen LogP contribution < -0.4 is 4.90 Å². The summed E-state index contributed by atoms with van der Waals surface area (Å²) in [5, 5.41) is 7.52. The third-order valence-electron chi connectivity index (χ3n) is 5.95. The highest BCUT2D eigenvalue weighted by molar-refractivity contribution is 7.18. The Bertz CT molecular complexity index is 1000. The van der Waals surface area contributed by atoms with Crippen LogP contribution >= 0.6 is 11.3 Å². The number of hydrazone groups is 1. The minimum Gasteiger partial charge on any atom is -0.327 e. The molecule has 5 rings (SSSR count). The normalized spacial score (nSPS) is 22.1. The molecule has 0 aliphatic carbocycles. The highest BCUT2D eigenvalue weighted by Gasteiger charge is 2.30. The second-order valence-electron chi connectivity index (χ2n) is 7.90. The second-order valence-corrected chi connectivity index (χ2v) is 8.96. The standard InChI is InChI=1S/C23H24N4OS/c28-22(27-15-12-19(25-27)17-6-2-1-3-7-17)16-26-13-10-18(11-14-26)23-24-20-8-4-5-9-21(20)29-23/h1-9,18H,10-16H2/p+1. The van der Waals surface area contributed by atoms with Crippen molar-refractivity contribution in [3.63, 3.8) is 0 Å². The van der Waals surface area contributed by atoms with Crippen molar-refractivity contribution in [1.29, 1.82) is 0 Å². The van der Waals surface area contributed by atoms with Gasteiger partial charge in [-0.1, -0.05) is 42.5 Å². The lowest BCUT2D eigenvalue weighted by Crippen LogP contribution is -3.14. The minimum absolute atomic E-state index is 0.143. The number of thiazole rings is 1. The van der Waals surface area contributed by atoms with Gasteiger partial charge in [-0.05, 0) is 17.7 Å². The molecule has 6 heteroatoms. The first-order chi connectivity index (χ1) is 14.3. The Morgan fingerprint density at radius 1 is 1.07 bits per heavy atom. The topological polar surface area (TPSA) is 50.0 Å². The molecule has 3 heterocycles. The van der Waals surface area contributed by atoms with Crippen LogP contribution in [0, 0.1) is 0 Å². The van der Waals surface area contributed by atoms with Crippen LogP contribution in [0.5, 0.6) is 0 Å². The van der Waals surface area contributed by atoms with Crippen molar-refractivity contribution in [2.45, 2.75) is 25.2 Å². The summed E-state index contributed by atoms with van der Waals surface area (Å²) in [5.41, 5.74) is 3.24. The SMILES string of the molecule is O=C(C[NH+]1CCC(c2nc3ccccc3s2)CC1)N1CCC(c2ccccc2)=N1. The van der Waals surface area contributed by atoms with Gasteiger partial charge in [0, 0.05) is 25.2 Å². The number of carbonyl (C=O) groups is 1. The smallest absolute Gasteiger partial charge is 0.297 e. The Morgan fingerprint density at radius 3 is 2.62 bits per heavy atom. The van der Waals surface area contributed by atoms with Crippen molar-refractivity contribution >= 4 is 33.2 Å². The van der Waals surface area contributed by atoms with Gasteiger partial charge in [0.2, 0.25) is 0 Å². The van der Waals surface area contributed by atoms with E-state index >= 15 is 0 Å². The van der Waals surface area contributed by atoms with Crippen molar-refractivity contribution in [3.05, 3.63) is 65.2 Å². The van der Waals surface area contributed by atoms with Gasteiger partial charge in [-0.15, -0.1) is 11.3 Å². The number of carbonyl (C=O) groups excluding carboxylic acids is 1. The molecule has 2 aromatic carbocycles. The van der Waals surface area contributed by atoms with E-state index in [9.17, 15) is 4.79 Å². The quantitative estimate of drug-likeness (QED) is 0.726. The van der Waals surface area contributed by atoms with Crippen LogP contribution in [-0.4, -0.2) is 47.8 Å². The number of quaternary nitrogens is 1. The maximum Gasteiger partial charge on any atom is 0.297 e. The number of fused-ring (bicyclic) bond motifs is 1. The van der Waals surface area contributed by atoms with E-state index in [1.807, 2.05) is 35.6 Å². The van der Waals surface area contributed by atoms with Crippen LogP contribution in [0.15, 0.2) is 59.7 Å². The van der Waals surface area contributed by atoms with E-state index in [0.717, 1.165) is 49.1 Å². The lowest BCUT2D eigenvalue weighted by atomic mass is 9.97. The van der Waals surface area contributed by atoms with E-state index in [0.29, 0.717) is 19.0 Å². The highest BCUT2D eigenvalue weighted by atomic mass is 32.1. The zero-order chi connectivity index (χ0) is 19.6. The average molecular weight is 406 g/mol. The molecule has 1 N–H and O–H groups in total. The number of nitrogens with one attached hydrogen (secondary N) is 1. The van der Waals surface area contributed by atoms with Crippen molar-refractivity contribution < 1.29 is 9.69 Å². The van der Waals surface area contributed by atoms with Crippen molar-refractivity contribution in [2.24, 2.45) is 5.10 Å². The molecule has 2 aliphatic heterocycles. The maximum absolute atomic E-state index is 12.7. The Morgan fingerprint density at radius 2 is 1.83 bits per heavy atom. The largest absolute Gasteiger partial charge is 0.327 e. The van der Waals surface area contributed by atoms with Crippen LogP contribution in [0.4, 0.5) is 0 Å². The van der Waals surface area contributed by atoms with Gasteiger partial charge < -0.3 is 4.90 Å². The lowest BCUT2D eigenvalue weighted by Gasteiger charge is -2.28. The van der Waals surface area contributed by atoms with Crippen LogP contribution in [0.3, 0.4) is 0 Å². The van der Waals surface area contributed by atoms with E-state index in [2.05, 4.69) is 35.4 Å². The number of amides is 1. The summed E-state index contributed by atoms with van der Waals surface area (Å²) in [7, 11) is 0. The summed E-state index contributed by atoms with van der Waals surface area (Å²) in [4.78, 5) is 19.0. The molecule has 0 bridgehead atoms. The molecule has 1 fully saturated rings. The fourth-order valence-corrected chi connectivity index (χ4v) is 5.43. The first kappa shape index (κ1) is 18.5. The Balaban J connectivity index is 1.17. The number of aromatic nitrogens is 1. The number of rotatable bonds is 4. The van der Waals surface area contributed by atoms with Crippen LogP contribution in [-0.2, 0) is 4.79 Å². The number of benzene rings is 2. The summed E-state index contributed by atoms with van der Waals surface area (Å²) in [6, 6.07) is 18.5. The number of hydrogen-bond donors (Lipinski definition) is 1. The number of likely N-dealkylation sites (tertiary alicyclic amines) is 1. The molecule has 1 aromatic heterocycles. The first-order valence-corrected chi connectivity index (χ1v) is 11.2. The van der Waals surface area contributed by atoms with Crippen molar-refractivity contribution in [3.8, 4) is 0 Å². The molecule has 29 heavy (non-hydrogen) atoms. The van der Waals surface area contributed by atoms with E-state index in [-0.39, 0.29) is 5.91 Å². The van der Waals surface area contributed by atoms with Crippen LogP contribution in [0.2, 0.25) is 0 Å². The molecular weight excluding hydrogens is 380 g/mol. The molecule has 0 unspecified atom stereocenters. The third-order valence-corrected chi connectivity index (χ3v) is 7.15. The average Bonchev–Trinajstić information content (AvgIpc) is 3.42. The van der Waals surface area contributed by atoms with Gasteiger partial charge in [-0.2, -0.15) is 5.10 Å². The molecule has 2 aliphatic rings. The van der Waals surface area contributed by atoms with E-state index in [1.165, 1.54) is 14.6 Å². The zero-order valence-electron chi connectivity index (χ0n) is 16.4. The second kappa shape index (κ2) is 8.05. The van der Waals surface area contributed by atoms with Gasteiger partial charge in [0.05, 0.1) is 40.6 Å². The molecule has 148 valence electrons. The maximum atomic E-state index is 12.7. The molecular formula is C23H25N4OS+. The van der Waals surface area contributed by atoms with Gasteiger partial charge >= 0.3 is 0 Å². The zero-order valence-corrected chi connectivity index (χ0v) is 17.2. The Kier molecular flexibility index (Phi) is 5.12. The molecule has 5 nitrogen and oxygen atoms in total. The Labute approximate surface area is 174 Å². The summed E-state index contributed by atoms with van der Waals surface area (Å²) < 4.78 is 1.27. The highest BCUT2D eigenvalue weighted by Crippen LogP contribution is 2.31. The van der Waals surface area contributed by atoms with Gasteiger partial charge in [0.15, 0.2) is 6.54 Å². The van der Waals surface area contributed by atoms with E-state index in [4.69, 9.17) is 4.98 Å². The predicted octanol–water partition coefficient (Wildman–Crippen LogP) is 2.70. The van der Waals surface area contributed by atoms with Gasteiger partial charge in [0.25, 0.3) is 5.91 Å². The summed E-state index contributed by atoms with van der Waals surface area (Å²) in [6.45, 7) is 3.29. The van der Waals surface area contributed by atoms with E-state index in [1.54, 1.807) is 5.01 Å². The number of para-hydroxylation sites is 1. The fraction of sp³-hybridized carbons (Fsp3) is 0.348. The molecule has 1 saturated heterocycles. The number of piperidine rings is 1. The van der Waals surface area contributed by atoms with Crippen molar-refractivity contribution in [1.82, 2.24) is 9.99 Å². The summed E-state index contributed by atoms with van der Waals surface area (Å²) in [6.07, 6.45) is 3.03. The first-order valence-electron chi connectivity index (χ1n) is 10.4. The molecule has 0 saturated carbocycles. The molecule has 0 radical (unpaired) electrons. The summed E-state index contributed by atoms with van der Waals surface area (Å²) in [5.74, 6) is 0.671. The monoisotopic (exact) mass is 405 g/mol. The lowest BCUT2D eigenvalue weighted by molar-refractivity contribution is -0.897. The van der Waals surface area contributed by atoms with Gasteiger partial charge in [0.1, 0.15) is 0 Å². The molecule has 0 spiro atoms. The third kappa shape index (κ3) is 3.95. The van der Waals surface area contributed by atoms with Gasteiger partial charge in [-0.25, -0.2) is 9.99 Å². The van der Waals surface area contributed by atoms with Crippen LogP contribution in [0.1, 0.15) is 35.8 Å². The number of hydrogen-bond acceptors (Lipinski definition) is 4. The fourth-order valence-electron chi connectivity index (χ4n) is 4.29. The molecule has 3 aromatic rings. The predicted molar refractivity (Wildman–Crippen MR) is 116 cm³/mol. The Hall–Kier alpha value is -2.57. The number of nitrogens with zero attached hydrogens (tertiary/aromatic N) is 3. The van der Waals surface area contributed by atoms with Gasteiger partial charge in [-0.3, -0.25) is 4.79 Å².